The Labute approximate surface area is 136 Å². The van der Waals surface area contributed by atoms with Crippen molar-refractivity contribution in [1.82, 2.24) is 0 Å². The van der Waals surface area contributed by atoms with E-state index in [1.807, 2.05) is 13.8 Å². The molecule has 0 aromatic rings. The SMILES string of the molecule is CC(C)CC(C)(C=CC(C)(CC(C)C)OCCO)OCCO. The third-order valence-corrected chi connectivity index (χ3v) is 3.46. The van der Waals surface area contributed by atoms with E-state index in [-0.39, 0.29) is 13.2 Å². The third kappa shape index (κ3) is 9.57. The Balaban J connectivity index is 5.09. The van der Waals surface area contributed by atoms with Gasteiger partial charge in [-0.1, -0.05) is 39.8 Å². The van der Waals surface area contributed by atoms with Gasteiger partial charge in [0.05, 0.1) is 37.6 Å². The van der Waals surface area contributed by atoms with Gasteiger partial charge in [-0.15, -0.1) is 0 Å². The van der Waals surface area contributed by atoms with Gasteiger partial charge in [0.2, 0.25) is 0 Å². The molecule has 0 aromatic heterocycles. The molecule has 4 heteroatoms. The van der Waals surface area contributed by atoms with E-state index >= 15 is 0 Å². The smallest absolute Gasteiger partial charge is 0.0839 e. The Hall–Kier alpha value is -0.420. The lowest BCUT2D eigenvalue weighted by Gasteiger charge is -2.32. The van der Waals surface area contributed by atoms with Crippen molar-refractivity contribution in [3.63, 3.8) is 0 Å². The van der Waals surface area contributed by atoms with Gasteiger partial charge in [0.25, 0.3) is 0 Å². The van der Waals surface area contributed by atoms with Gasteiger partial charge < -0.3 is 19.7 Å². The van der Waals surface area contributed by atoms with Crippen LogP contribution in [0, 0.1) is 11.8 Å². The third-order valence-electron chi connectivity index (χ3n) is 3.46. The van der Waals surface area contributed by atoms with Crippen molar-refractivity contribution in [1.29, 1.82) is 0 Å². The maximum Gasteiger partial charge on any atom is 0.0839 e. The summed E-state index contributed by atoms with van der Waals surface area (Å²) in [6.07, 6.45) is 5.87. The van der Waals surface area contributed by atoms with Crippen molar-refractivity contribution < 1.29 is 19.7 Å². The molecule has 0 amide bonds. The zero-order valence-electron chi connectivity index (χ0n) is 15.3. The van der Waals surface area contributed by atoms with E-state index in [0.29, 0.717) is 25.0 Å². The standard InChI is InChI=1S/C18H36O4/c1-15(2)13-17(5,21-11-9-19)7-8-18(6,14-16(3)4)22-12-10-20/h7-8,15-16,19-20H,9-14H2,1-6H3. The van der Waals surface area contributed by atoms with Gasteiger partial charge in [-0.25, -0.2) is 0 Å². The summed E-state index contributed by atoms with van der Waals surface area (Å²) < 4.78 is 11.7. The fourth-order valence-corrected chi connectivity index (χ4v) is 2.88. The molecule has 0 bridgehead atoms. The molecule has 0 rings (SSSR count). The Bertz CT molecular complexity index is 284. The highest BCUT2D eigenvalue weighted by molar-refractivity contribution is 5.08. The Kier molecular flexibility index (Phi) is 10.2. The predicted octanol–water partition coefficient (Wildman–Crippen LogP) is 3.17. The minimum absolute atomic E-state index is 0.0196. The first kappa shape index (κ1) is 21.6. The molecule has 0 heterocycles. The molecule has 2 N–H and O–H groups in total. The molecule has 0 saturated heterocycles. The van der Waals surface area contributed by atoms with Crippen molar-refractivity contribution >= 4 is 0 Å². The molecule has 0 aliphatic heterocycles. The maximum absolute atomic E-state index is 9.03. The lowest BCUT2D eigenvalue weighted by Crippen LogP contribution is -2.34. The Morgan fingerprint density at radius 3 is 1.32 bits per heavy atom. The molecular weight excluding hydrogens is 280 g/mol. The zero-order valence-corrected chi connectivity index (χ0v) is 15.3. The van der Waals surface area contributed by atoms with Crippen LogP contribution in [0.5, 0.6) is 0 Å². The molecule has 0 aliphatic carbocycles. The van der Waals surface area contributed by atoms with Gasteiger partial charge in [0, 0.05) is 0 Å². The quantitative estimate of drug-likeness (QED) is 0.543. The average molecular weight is 316 g/mol. The van der Waals surface area contributed by atoms with Crippen molar-refractivity contribution in [2.75, 3.05) is 26.4 Å². The molecule has 0 aromatic carbocycles. The van der Waals surface area contributed by atoms with Gasteiger partial charge in [-0.2, -0.15) is 0 Å². The van der Waals surface area contributed by atoms with E-state index in [1.165, 1.54) is 0 Å². The molecular formula is C18H36O4. The van der Waals surface area contributed by atoms with E-state index in [1.54, 1.807) is 0 Å². The topological polar surface area (TPSA) is 58.9 Å². The summed E-state index contributed by atoms with van der Waals surface area (Å²) in [5.41, 5.74) is -0.838. The maximum atomic E-state index is 9.03. The fraction of sp³-hybridized carbons (Fsp3) is 0.889. The summed E-state index contributed by atoms with van der Waals surface area (Å²) in [5, 5.41) is 18.1. The molecule has 2 unspecified atom stereocenters. The lowest BCUT2D eigenvalue weighted by atomic mass is 9.88. The van der Waals surface area contributed by atoms with Crippen LogP contribution in [0.4, 0.5) is 0 Å². The Morgan fingerprint density at radius 1 is 0.773 bits per heavy atom. The number of ether oxygens (including phenoxy) is 2. The normalized spacial score (nSPS) is 18.1. The Morgan fingerprint density at radius 2 is 1.09 bits per heavy atom. The summed E-state index contributed by atoms with van der Waals surface area (Å²) in [6.45, 7) is 13.4. The summed E-state index contributed by atoms with van der Waals surface area (Å²) in [7, 11) is 0. The van der Waals surface area contributed by atoms with Gasteiger partial charge in [-0.3, -0.25) is 0 Å². The molecule has 0 aliphatic rings. The van der Waals surface area contributed by atoms with Crippen LogP contribution in [-0.2, 0) is 9.47 Å². The second-order valence-electron chi connectivity index (χ2n) is 7.30. The van der Waals surface area contributed by atoms with Gasteiger partial charge in [-0.05, 0) is 38.5 Å². The van der Waals surface area contributed by atoms with Crippen LogP contribution in [-0.4, -0.2) is 47.8 Å². The van der Waals surface area contributed by atoms with Crippen molar-refractivity contribution in [3.8, 4) is 0 Å². The number of aliphatic hydroxyl groups excluding tert-OH is 2. The van der Waals surface area contributed by atoms with Crippen LogP contribution in [0.25, 0.3) is 0 Å². The number of hydrogen-bond acceptors (Lipinski definition) is 4. The lowest BCUT2D eigenvalue weighted by molar-refractivity contribution is -0.0363. The van der Waals surface area contributed by atoms with E-state index in [0.717, 1.165) is 12.8 Å². The van der Waals surface area contributed by atoms with Crippen molar-refractivity contribution in [3.05, 3.63) is 12.2 Å². The molecule has 132 valence electrons. The van der Waals surface area contributed by atoms with Crippen LogP contribution in [0.3, 0.4) is 0 Å². The molecule has 0 fully saturated rings. The minimum atomic E-state index is -0.419. The molecule has 0 radical (unpaired) electrons. The summed E-state index contributed by atoms with van der Waals surface area (Å²) in [4.78, 5) is 0. The number of rotatable bonds is 12. The highest BCUT2D eigenvalue weighted by Gasteiger charge is 2.28. The molecule has 2 atom stereocenters. The van der Waals surface area contributed by atoms with Gasteiger partial charge in [0.15, 0.2) is 0 Å². The van der Waals surface area contributed by atoms with Gasteiger partial charge in [0.1, 0.15) is 0 Å². The first-order chi connectivity index (χ1) is 10.2. The minimum Gasteiger partial charge on any atom is -0.394 e. The summed E-state index contributed by atoms with van der Waals surface area (Å²) >= 11 is 0. The second-order valence-corrected chi connectivity index (χ2v) is 7.30. The first-order valence-electron chi connectivity index (χ1n) is 8.36. The molecule has 4 nitrogen and oxygen atoms in total. The van der Waals surface area contributed by atoms with E-state index in [2.05, 4.69) is 39.8 Å². The molecule has 22 heavy (non-hydrogen) atoms. The van der Waals surface area contributed by atoms with E-state index in [9.17, 15) is 0 Å². The van der Waals surface area contributed by atoms with Crippen LogP contribution < -0.4 is 0 Å². The van der Waals surface area contributed by atoms with E-state index < -0.39 is 11.2 Å². The average Bonchev–Trinajstić information content (AvgIpc) is 2.40. The van der Waals surface area contributed by atoms with Gasteiger partial charge >= 0.3 is 0 Å². The molecule has 0 spiro atoms. The monoisotopic (exact) mass is 316 g/mol. The largest absolute Gasteiger partial charge is 0.394 e. The highest BCUT2D eigenvalue weighted by atomic mass is 16.5. The second kappa shape index (κ2) is 10.4. The fourth-order valence-electron chi connectivity index (χ4n) is 2.88. The highest BCUT2D eigenvalue weighted by Crippen LogP contribution is 2.28. The van der Waals surface area contributed by atoms with Crippen molar-refractivity contribution in [2.45, 2.75) is 65.6 Å². The van der Waals surface area contributed by atoms with Crippen LogP contribution >= 0.6 is 0 Å². The zero-order chi connectivity index (χ0) is 17.2. The van der Waals surface area contributed by atoms with Crippen molar-refractivity contribution in [2.24, 2.45) is 11.8 Å². The predicted molar refractivity (Wildman–Crippen MR) is 90.9 cm³/mol. The number of hydrogen-bond donors (Lipinski definition) is 2. The molecule has 0 saturated carbocycles. The van der Waals surface area contributed by atoms with E-state index in [4.69, 9.17) is 19.7 Å². The van der Waals surface area contributed by atoms with Crippen LogP contribution in [0.15, 0.2) is 12.2 Å². The van der Waals surface area contributed by atoms with Crippen LogP contribution in [0.1, 0.15) is 54.4 Å². The summed E-state index contributed by atoms with van der Waals surface area (Å²) in [6, 6.07) is 0. The summed E-state index contributed by atoms with van der Waals surface area (Å²) in [5.74, 6) is 0.978. The number of aliphatic hydroxyl groups is 2. The van der Waals surface area contributed by atoms with Crippen LogP contribution in [0.2, 0.25) is 0 Å². The first-order valence-corrected chi connectivity index (χ1v) is 8.36.